The first-order valence-corrected chi connectivity index (χ1v) is 9.06. The van der Waals surface area contributed by atoms with Crippen LogP contribution in [0.4, 0.5) is 0 Å². The molecule has 2 aromatic carbocycles. The Hall–Kier alpha value is -1.32. The van der Waals surface area contributed by atoms with Gasteiger partial charge in [-0.15, -0.1) is 0 Å². The summed E-state index contributed by atoms with van der Waals surface area (Å²) >= 11 is 12.2. The van der Waals surface area contributed by atoms with Crippen molar-refractivity contribution in [3.8, 4) is 0 Å². The molecule has 0 saturated carbocycles. The summed E-state index contributed by atoms with van der Waals surface area (Å²) in [6.45, 7) is 4.76. The second-order valence-electron chi connectivity index (χ2n) is 6.82. The summed E-state index contributed by atoms with van der Waals surface area (Å²) in [7, 11) is 4.01. The normalized spacial score (nSPS) is 15.9. The molecule has 0 amide bonds. The summed E-state index contributed by atoms with van der Waals surface area (Å²) in [5.41, 5.74) is 1.55. The molecule has 0 aliphatic carbocycles. The third kappa shape index (κ3) is 4.86. The van der Waals surface area contributed by atoms with Gasteiger partial charge in [-0.1, -0.05) is 60.5 Å². The van der Waals surface area contributed by atoms with Crippen LogP contribution in [-0.2, 0) is 5.60 Å². The number of aliphatic hydroxyl groups is 1. The zero-order valence-electron chi connectivity index (χ0n) is 15.1. The van der Waals surface area contributed by atoms with Crippen LogP contribution in [0, 0.1) is 5.92 Å². The number of benzene rings is 2. The second-order valence-corrected chi connectivity index (χ2v) is 7.69. The smallest absolute Gasteiger partial charge is 0.114 e. The van der Waals surface area contributed by atoms with E-state index in [1.54, 1.807) is 0 Å². The second kappa shape index (κ2) is 8.37. The van der Waals surface area contributed by atoms with Gasteiger partial charge in [0.2, 0.25) is 0 Å². The van der Waals surface area contributed by atoms with Crippen molar-refractivity contribution >= 4 is 29.3 Å². The third-order valence-corrected chi connectivity index (χ3v) is 4.96. The van der Waals surface area contributed by atoms with Crippen LogP contribution in [0.2, 0.25) is 10.0 Å². The number of hydrogen-bond donors (Lipinski definition) is 1. The minimum atomic E-state index is -1.12. The molecule has 0 heterocycles. The minimum Gasteiger partial charge on any atom is -0.380 e. The summed E-state index contributed by atoms with van der Waals surface area (Å²) in [4.78, 5) is 2.08. The summed E-state index contributed by atoms with van der Waals surface area (Å²) < 4.78 is 0. The van der Waals surface area contributed by atoms with Crippen molar-refractivity contribution < 1.29 is 5.11 Å². The molecule has 0 aromatic heterocycles. The maximum Gasteiger partial charge on any atom is 0.114 e. The van der Waals surface area contributed by atoms with Crippen LogP contribution in [0.3, 0.4) is 0 Å². The molecule has 0 saturated heterocycles. The molecular formula is C21H25Cl2NO. The van der Waals surface area contributed by atoms with E-state index < -0.39 is 5.60 Å². The maximum atomic E-state index is 11.7. The highest BCUT2D eigenvalue weighted by Gasteiger charge is 2.37. The topological polar surface area (TPSA) is 23.5 Å². The fraction of sp³-hybridized carbons (Fsp3) is 0.333. The van der Waals surface area contributed by atoms with Gasteiger partial charge in [0.1, 0.15) is 5.60 Å². The molecule has 4 heteroatoms. The third-order valence-electron chi connectivity index (χ3n) is 4.47. The molecule has 0 aliphatic rings. The Balaban J connectivity index is 2.51. The monoisotopic (exact) mass is 377 g/mol. The number of rotatable bonds is 6. The molecule has 0 fully saturated rings. The van der Waals surface area contributed by atoms with Gasteiger partial charge in [-0.05, 0) is 62.0 Å². The molecule has 0 bridgehead atoms. The maximum absolute atomic E-state index is 11.7. The van der Waals surface area contributed by atoms with Crippen LogP contribution in [-0.4, -0.2) is 30.6 Å². The van der Waals surface area contributed by atoms with Crippen LogP contribution >= 0.6 is 23.2 Å². The fourth-order valence-corrected chi connectivity index (χ4v) is 3.54. The van der Waals surface area contributed by atoms with Crippen LogP contribution in [0.5, 0.6) is 0 Å². The van der Waals surface area contributed by atoms with Gasteiger partial charge in [-0.25, -0.2) is 0 Å². The zero-order valence-corrected chi connectivity index (χ0v) is 16.6. The largest absolute Gasteiger partial charge is 0.380 e. The van der Waals surface area contributed by atoms with Crippen molar-refractivity contribution in [1.82, 2.24) is 4.90 Å². The van der Waals surface area contributed by atoms with Crippen molar-refractivity contribution in [3.63, 3.8) is 0 Å². The van der Waals surface area contributed by atoms with Crippen LogP contribution < -0.4 is 0 Å². The summed E-state index contributed by atoms with van der Waals surface area (Å²) in [5.74, 6) is -0.0236. The van der Waals surface area contributed by atoms with Gasteiger partial charge in [-0.2, -0.15) is 0 Å². The van der Waals surface area contributed by atoms with Gasteiger partial charge < -0.3 is 10.0 Å². The molecule has 2 aromatic rings. The Kier molecular flexibility index (Phi) is 6.70. The lowest BCUT2D eigenvalue weighted by molar-refractivity contribution is 0.0105. The van der Waals surface area contributed by atoms with Crippen LogP contribution in [0.1, 0.15) is 25.0 Å². The van der Waals surface area contributed by atoms with Crippen molar-refractivity contribution in [2.24, 2.45) is 5.92 Å². The van der Waals surface area contributed by atoms with E-state index in [1.807, 2.05) is 75.6 Å². The molecule has 1 N–H and O–H groups in total. The Morgan fingerprint density at radius 2 is 1.76 bits per heavy atom. The van der Waals surface area contributed by atoms with Crippen molar-refractivity contribution in [2.75, 3.05) is 20.6 Å². The standard InChI is InChI=1S/C21H25Cl2NO/c1-15(12-17-8-10-19(22)11-9-17)21(25,16(2)14-24(3)4)18-6-5-7-20(23)13-18/h5-13,16,25H,14H2,1-4H3. The minimum absolute atomic E-state index is 0.0236. The van der Waals surface area contributed by atoms with Gasteiger partial charge in [0.15, 0.2) is 0 Å². The molecule has 2 atom stereocenters. The summed E-state index contributed by atoms with van der Waals surface area (Å²) in [5, 5.41) is 13.0. The van der Waals surface area contributed by atoms with Gasteiger partial charge in [-0.3, -0.25) is 0 Å². The van der Waals surface area contributed by atoms with E-state index in [0.29, 0.717) is 10.0 Å². The van der Waals surface area contributed by atoms with Gasteiger partial charge in [0, 0.05) is 22.5 Å². The highest BCUT2D eigenvalue weighted by molar-refractivity contribution is 6.30. The number of nitrogens with zero attached hydrogens (tertiary/aromatic N) is 1. The molecule has 2 nitrogen and oxygen atoms in total. The van der Waals surface area contributed by atoms with E-state index >= 15 is 0 Å². The fourth-order valence-electron chi connectivity index (χ4n) is 3.23. The molecule has 0 aliphatic heterocycles. The van der Waals surface area contributed by atoms with E-state index in [-0.39, 0.29) is 5.92 Å². The van der Waals surface area contributed by atoms with Crippen LogP contribution in [0.25, 0.3) is 6.08 Å². The highest BCUT2D eigenvalue weighted by Crippen LogP contribution is 2.39. The lowest BCUT2D eigenvalue weighted by Crippen LogP contribution is -2.40. The summed E-state index contributed by atoms with van der Waals surface area (Å²) in [6, 6.07) is 15.1. The SMILES string of the molecule is CC(=Cc1ccc(Cl)cc1)C(O)(c1cccc(Cl)c1)C(C)CN(C)C. The molecular weight excluding hydrogens is 353 g/mol. The molecule has 0 radical (unpaired) electrons. The predicted molar refractivity (Wildman–Crippen MR) is 108 cm³/mol. The summed E-state index contributed by atoms with van der Waals surface area (Å²) in [6.07, 6.45) is 2.00. The van der Waals surface area contributed by atoms with Crippen molar-refractivity contribution in [1.29, 1.82) is 0 Å². The highest BCUT2D eigenvalue weighted by atomic mass is 35.5. The van der Waals surface area contributed by atoms with Crippen molar-refractivity contribution in [2.45, 2.75) is 19.4 Å². The lowest BCUT2D eigenvalue weighted by Gasteiger charge is -2.37. The van der Waals surface area contributed by atoms with E-state index in [1.165, 1.54) is 0 Å². The molecule has 134 valence electrons. The van der Waals surface area contributed by atoms with E-state index in [0.717, 1.165) is 23.2 Å². The van der Waals surface area contributed by atoms with Gasteiger partial charge in [0.05, 0.1) is 0 Å². The van der Waals surface area contributed by atoms with E-state index in [4.69, 9.17) is 23.2 Å². The first-order chi connectivity index (χ1) is 11.7. The first kappa shape index (κ1) is 20.0. The lowest BCUT2D eigenvalue weighted by atomic mass is 9.76. The first-order valence-electron chi connectivity index (χ1n) is 8.31. The predicted octanol–water partition coefficient (Wildman–Crippen LogP) is 5.48. The van der Waals surface area contributed by atoms with E-state index in [2.05, 4.69) is 11.8 Å². The number of halogens is 2. The van der Waals surface area contributed by atoms with Gasteiger partial charge >= 0.3 is 0 Å². The average Bonchev–Trinajstić information content (AvgIpc) is 2.55. The molecule has 25 heavy (non-hydrogen) atoms. The quantitative estimate of drug-likeness (QED) is 0.719. The number of hydrogen-bond acceptors (Lipinski definition) is 2. The van der Waals surface area contributed by atoms with Crippen LogP contribution in [0.15, 0.2) is 54.1 Å². The Labute approximate surface area is 160 Å². The average molecular weight is 378 g/mol. The Bertz CT molecular complexity index is 740. The zero-order chi connectivity index (χ0) is 18.6. The molecule has 2 unspecified atom stereocenters. The van der Waals surface area contributed by atoms with Gasteiger partial charge in [0.25, 0.3) is 0 Å². The van der Waals surface area contributed by atoms with Crippen molar-refractivity contribution in [3.05, 3.63) is 75.3 Å². The molecule has 2 rings (SSSR count). The Morgan fingerprint density at radius 3 is 2.32 bits per heavy atom. The molecule has 0 spiro atoms. The Morgan fingerprint density at radius 1 is 1.12 bits per heavy atom. The van der Waals surface area contributed by atoms with E-state index in [9.17, 15) is 5.11 Å².